The SMILES string of the molecule is N#CCOC(=O)CN(CCOc1ccccc1)C(=O)OCc1ccc(NC(=O)Cc2ccc(F)cc2)cc1. The lowest BCUT2D eigenvalue weighted by atomic mass is 10.1. The molecule has 2 amide bonds. The largest absolute Gasteiger partial charge is 0.492 e. The van der Waals surface area contributed by atoms with E-state index < -0.39 is 25.2 Å². The van der Waals surface area contributed by atoms with Gasteiger partial charge in [-0.2, -0.15) is 5.26 Å². The summed E-state index contributed by atoms with van der Waals surface area (Å²) in [6, 6.07) is 23.1. The van der Waals surface area contributed by atoms with Crippen molar-refractivity contribution >= 4 is 23.7 Å². The second kappa shape index (κ2) is 14.6. The molecule has 38 heavy (non-hydrogen) atoms. The van der Waals surface area contributed by atoms with Crippen molar-refractivity contribution < 1.29 is 33.0 Å². The predicted octanol–water partition coefficient (Wildman–Crippen LogP) is 4.09. The lowest BCUT2D eigenvalue weighted by Gasteiger charge is -2.21. The van der Waals surface area contributed by atoms with Crippen LogP contribution in [-0.2, 0) is 32.1 Å². The molecule has 3 rings (SSSR count). The van der Waals surface area contributed by atoms with E-state index in [1.807, 2.05) is 18.2 Å². The first kappa shape index (κ1) is 27.7. The Morgan fingerprint density at radius 3 is 2.26 bits per heavy atom. The molecule has 0 saturated heterocycles. The van der Waals surface area contributed by atoms with Crippen LogP contribution in [0.3, 0.4) is 0 Å². The lowest BCUT2D eigenvalue weighted by Crippen LogP contribution is -2.39. The highest BCUT2D eigenvalue weighted by Gasteiger charge is 2.20. The maximum absolute atomic E-state index is 13.0. The summed E-state index contributed by atoms with van der Waals surface area (Å²) >= 11 is 0. The highest BCUT2D eigenvalue weighted by molar-refractivity contribution is 5.92. The molecule has 0 bridgehead atoms. The number of hydrogen-bond acceptors (Lipinski definition) is 7. The second-order valence-corrected chi connectivity index (χ2v) is 8.00. The van der Waals surface area contributed by atoms with Crippen LogP contribution >= 0.6 is 0 Å². The fourth-order valence-electron chi connectivity index (χ4n) is 3.25. The number of benzene rings is 3. The predicted molar refractivity (Wildman–Crippen MR) is 135 cm³/mol. The van der Waals surface area contributed by atoms with Crippen molar-refractivity contribution in [3.63, 3.8) is 0 Å². The van der Waals surface area contributed by atoms with Gasteiger partial charge in [0.1, 0.15) is 37.4 Å². The van der Waals surface area contributed by atoms with Gasteiger partial charge in [-0.1, -0.05) is 42.5 Å². The van der Waals surface area contributed by atoms with E-state index in [4.69, 9.17) is 19.5 Å². The van der Waals surface area contributed by atoms with E-state index in [2.05, 4.69) is 5.32 Å². The Kier molecular flexibility index (Phi) is 10.6. The number of amides is 2. The van der Waals surface area contributed by atoms with Gasteiger partial charge >= 0.3 is 12.1 Å². The molecular formula is C28H26FN3O6. The summed E-state index contributed by atoms with van der Waals surface area (Å²) in [5, 5.41) is 11.3. The van der Waals surface area contributed by atoms with Gasteiger partial charge in [-0.25, -0.2) is 9.18 Å². The van der Waals surface area contributed by atoms with Crippen molar-refractivity contribution in [3.05, 3.63) is 95.8 Å². The number of hydrogen-bond donors (Lipinski definition) is 1. The van der Waals surface area contributed by atoms with Crippen molar-refractivity contribution in [2.75, 3.05) is 31.6 Å². The zero-order valence-electron chi connectivity index (χ0n) is 20.5. The minimum absolute atomic E-state index is 0.0500. The molecule has 0 atom stereocenters. The fourth-order valence-corrected chi connectivity index (χ4v) is 3.25. The van der Waals surface area contributed by atoms with Gasteiger partial charge in [0.25, 0.3) is 0 Å². The van der Waals surface area contributed by atoms with E-state index in [1.54, 1.807) is 54.6 Å². The summed E-state index contributed by atoms with van der Waals surface area (Å²) < 4.78 is 28.7. The minimum atomic E-state index is -0.757. The van der Waals surface area contributed by atoms with Crippen LogP contribution in [0.1, 0.15) is 11.1 Å². The molecule has 0 fully saturated rings. The van der Waals surface area contributed by atoms with E-state index in [9.17, 15) is 18.8 Å². The van der Waals surface area contributed by atoms with Gasteiger partial charge < -0.3 is 19.5 Å². The topological polar surface area (TPSA) is 118 Å². The van der Waals surface area contributed by atoms with Gasteiger partial charge in [0.05, 0.1) is 13.0 Å². The first-order valence-electron chi connectivity index (χ1n) is 11.7. The molecule has 3 aromatic carbocycles. The van der Waals surface area contributed by atoms with Crippen molar-refractivity contribution in [1.82, 2.24) is 4.90 Å². The number of ether oxygens (including phenoxy) is 3. The molecule has 0 saturated carbocycles. The monoisotopic (exact) mass is 519 g/mol. The summed E-state index contributed by atoms with van der Waals surface area (Å²) in [6.07, 6.45) is -0.660. The Bertz CT molecular complexity index is 1240. The number of para-hydroxylation sites is 1. The van der Waals surface area contributed by atoms with Crippen molar-refractivity contribution in [2.45, 2.75) is 13.0 Å². The van der Waals surface area contributed by atoms with Gasteiger partial charge in [0.15, 0.2) is 6.61 Å². The number of esters is 1. The Morgan fingerprint density at radius 1 is 0.895 bits per heavy atom. The van der Waals surface area contributed by atoms with Crippen molar-refractivity contribution in [3.8, 4) is 11.8 Å². The molecule has 0 spiro atoms. The molecule has 0 aliphatic rings. The average Bonchev–Trinajstić information content (AvgIpc) is 2.92. The fraction of sp³-hybridized carbons (Fsp3) is 0.214. The van der Waals surface area contributed by atoms with Crippen LogP contribution in [-0.4, -0.2) is 49.2 Å². The summed E-state index contributed by atoms with van der Waals surface area (Å²) in [4.78, 5) is 38.0. The molecule has 1 N–H and O–H groups in total. The molecule has 0 aliphatic carbocycles. The summed E-state index contributed by atoms with van der Waals surface area (Å²) in [5.74, 6) is -0.762. The van der Waals surface area contributed by atoms with Crippen LogP contribution in [0.2, 0.25) is 0 Å². The zero-order valence-corrected chi connectivity index (χ0v) is 20.5. The van der Waals surface area contributed by atoms with Crippen molar-refractivity contribution in [1.29, 1.82) is 5.26 Å². The van der Waals surface area contributed by atoms with Gasteiger partial charge in [0, 0.05) is 5.69 Å². The van der Waals surface area contributed by atoms with Crippen LogP contribution in [0.25, 0.3) is 0 Å². The first-order chi connectivity index (χ1) is 18.4. The molecule has 0 aliphatic heterocycles. The quantitative estimate of drug-likeness (QED) is 0.358. The number of anilines is 1. The van der Waals surface area contributed by atoms with E-state index in [0.29, 0.717) is 22.6 Å². The van der Waals surface area contributed by atoms with Gasteiger partial charge in [-0.15, -0.1) is 0 Å². The maximum atomic E-state index is 13.0. The Balaban J connectivity index is 1.50. The van der Waals surface area contributed by atoms with Crippen LogP contribution in [0.5, 0.6) is 5.75 Å². The minimum Gasteiger partial charge on any atom is -0.492 e. The van der Waals surface area contributed by atoms with Gasteiger partial charge in [0.2, 0.25) is 5.91 Å². The van der Waals surface area contributed by atoms with Crippen molar-refractivity contribution in [2.24, 2.45) is 0 Å². The average molecular weight is 520 g/mol. The third-order valence-electron chi connectivity index (χ3n) is 5.13. The highest BCUT2D eigenvalue weighted by atomic mass is 19.1. The van der Waals surface area contributed by atoms with E-state index in [1.165, 1.54) is 12.1 Å². The van der Waals surface area contributed by atoms with E-state index in [-0.39, 0.29) is 37.9 Å². The first-order valence-corrected chi connectivity index (χ1v) is 11.7. The third-order valence-corrected chi connectivity index (χ3v) is 5.13. The Morgan fingerprint density at radius 2 is 1.58 bits per heavy atom. The smallest absolute Gasteiger partial charge is 0.410 e. The molecule has 0 unspecified atom stereocenters. The molecule has 0 heterocycles. The Labute approximate surface area is 219 Å². The van der Waals surface area contributed by atoms with E-state index >= 15 is 0 Å². The van der Waals surface area contributed by atoms with Gasteiger partial charge in [-0.05, 0) is 47.5 Å². The summed E-state index contributed by atoms with van der Waals surface area (Å²) in [5.41, 5.74) is 1.89. The van der Waals surface area contributed by atoms with Crippen LogP contribution in [0, 0.1) is 17.1 Å². The molecule has 9 nitrogen and oxygen atoms in total. The number of halogens is 1. The molecule has 196 valence electrons. The number of nitriles is 1. The molecule has 0 aromatic heterocycles. The Hall–Kier alpha value is -4.91. The van der Waals surface area contributed by atoms with Gasteiger partial charge in [-0.3, -0.25) is 14.5 Å². The number of carbonyl (C=O) groups excluding carboxylic acids is 3. The maximum Gasteiger partial charge on any atom is 0.410 e. The number of nitrogens with one attached hydrogen (secondary N) is 1. The summed E-state index contributed by atoms with van der Waals surface area (Å²) in [7, 11) is 0. The zero-order chi connectivity index (χ0) is 27.2. The third kappa shape index (κ3) is 9.62. The number of carbonyl (C=O) groups is 3. The number of rotatable bonds is 12. The van der Waals surface area contributed by atoms with Crippen LogP contribution in [0.4, 0.5) is 14.9 Å². The molecule has 3 aromatic rings. The molecule has 0 radical (unpaired) electrons. The standard InChI is InChI=1S/C28H26FN3O6/c29-23-10-6-21(7-11-23)18-26(33)31-24-12-8-22(9-13-24)20-38-28(35)32(19-27(34)37-16-14-30)15-17-36-25-4-2-1-3-5-25/h1-13H,15-20H2,(H,31,33). The lowest BCUT2D eigenvalue weighted by molar-refractivity contribution is -0.143. The second-order valence-electron chi connectivity index (χ2n) is 8.00. The molecular weight excluding hydrogens is 493 g/mol. The number of nitrogens with zero attached hydrogens (tertiary/aromatic N) is 2. The molecule has 10 heteroatoms. The normalized spacial score (nSPS) is 10.1. The highest BCUT2D eigenvalue weighted by Crippen LogP contribution is 2.13. The summed E-state index contributed by atoms with van der Waals surface area (Å²) in [6.45, 7) is -0.746. The van der Waals surface area contributed by atoms with Crippen LogP contribution in [0.15, 0.2) is 78.9 Å². The van der Waals surface area contributed by atoms with Crippen LogP contribution < -0.4 is 10.1 Å². The van der Waals surface area contributed by atoms with E-state index in [0.717, 1.165) is 4.90 Å².